The molecule has 0 saturated heterocycles. The zero-order valence-corrected chi connectivity index (χ0v) is 12.1. The molecule has 0 bridgehead atoms. The summed E-state index contributed by atoms with van der Waals surface area (Å²) in [5.41, 5.74) is 1.95. The molecule has 0 aromatic heterocycles. The van der Waals surface area contributed by atoms with E-state index in [0.29, 0.717) is 24.6 Å². The molecule has 0 atom stereocenters. The van der Waals surface area contributed by atoms with Crippen molar-refractivity contribution in [3.8, 4) is 0 Å². The average Bonchev–Trinajstić information content (AvgIpc) is 2.40. The van der Waals surface area contributed by atoms with Crippen molar-refractivity contribution in [2.75, 3.05) is 26.8 Å². The molecule has 19 heavy (non-hydrogen) atoms. The first kappa shape index (κ1) is 14.2. The minimum absolute atomic E-state index is 0.401. The Morgan fingerprint density at radius 2 is 2.05 bits per heavy atom. The molecule has 5 heteroatoms. The van der Waals surface area contributed by atoms with E-state index in [-0.39, 0.29) is 0 Å². The predicted molar refractivity (Wildman–Crippen MR) is 74.5 cm³/mol. The lowest BCUT2D eigenvalue weighted by molar-refractivity contribution is 0.219. The first-order valence-corrected chi connectivity index (χ1v) is 7.72. The maximum atomic E-state index is 12.5. The third kappa shape index (κ3) is 3.05. The van der Waals surface area contributed by atoms with Gasteiger partial charge in [-0.3, -0.25) is 0 Å². The Morgan fingerprint density at radius 3 is 2.63 bits per heavy atom. The molecular formula is C14H19NO3S. The second-order valence-electron chi connectivity index (χ2n) is 4.67. The highest BCUT2D eigenvalue weighted by atomic mass is 32.2. The summed E-state index contributed by atoms with van der Waals surface area (Å²) in [6.07, 6.45) is 2.68. The van der Waals surface area contributed by atoms with Crippen molar-refractivity contribution in [2.24, 2.45) is 0 Å². The van der Waals surface area contributed by atoms with E-state index in [2.05, 4.69) is 0 Å². The van der Waals surface area contributed by atoms with E-state index in [1.165, 1.54) is 9.88 Å². The lowest BCUT2D eigenvalue weighted by Crippen LogP contribution is -2.35. The highest BCUT2D eigenvalue weighted by Crippen LogP contribution is 2.22. The van der Waals surface area contributed by atoms with E-state index < -0.39 is 10.0 Å². The topological polar surface area (TPSA) is 46.6 Å². The van der Waals surface area contributed by atoms with Crippen LogP contribution in [0.2, 0.25) is 0 Å². The number of rotatable bonds is 4. The number of nitrogens with zero attached hydrogens (tertiary/aromatic N) is 1. The van der Waals surface area contributed by atoms with Crippen LogP contribution in [0.5, 0.6) is 0 Å². The molecule has 0 amide bonds. The van der Waals surface area contributed by atoms with Crippen molar-refractivity contribution in [2.45, 2.75) is 18.2 Å². The molecule has 0 spiro atoms. The Kier molecular flexibility index (Phi) is 4.39. The summed E-state index contributed by atoms with van der Waals surface area (Å²) in [6, 6.07) is 7.10. The standard InChI is InChI=1S/C14H19NO3S/c1-12-5-3-4-6-14(12)19(16,17)15-9-7-13(8-10-15)11-18-2/h3-7H,8-11H2,1-2H3. The first-order chi connectivity index (χ1) is 9.05. The lowest BCUT2D eigenvalue weighted by Gasteiger charge is -2.26. The first-order valence-electron chi connectivity index (χ1n) is 6.28. The van der Waals surface area contributed by atoms with Crippen LogP contribution in [0.3, 0.4) is 0 Å². The summed E-state index contributed by atoms with van der Waals surface area (Å²) in [4.78, 5) is 0.401. The van der Waals surface area contributed by atoms with E-state index in [0.717, 1.165) is 12.0 Å². The van der Waals surface area contributed by atoms with Crippen molar-refractivity contribution in [3.05, 3.63) is 41.5 Å². The van der Waals surface area contributed by atoms with Crippen LogP contribution in [0.15, 0.2) is 40.8 Å². The van der Waals surface area contributed by atoms with Gasteiger partial charge in [-0.2, -0.15) is 4.31 Å². The molecule has 0 unspecified atom stereocenters. The molecule has 1 aliphatic heterocycles. The van der Waals surface area contributed by atoms with Crippen molar-refractivity contribution in [1.82, 2.24) is 4.31 Å². The monoisotopic (exact) mass is 281 g/mol. The fraction of sp³-hybridized carbons (Fsp3) is 0.429. The van der Waals surface area contributed by atoms with Crippen molar-refractivity contribution in [3.63, 3.8) is 0 Å². The molecule has 2 rings (SSSR count). The van der Waals surface area contributed by atoms with Gasteiger partial charge in [0.15, 0.2) is 0 Å². The molecule has 0 radical (unpaired) electrons. The molecule has 1 heterocycles. The Balaban J connectivity index is 2.21. The van der Waals surface area contributed by atoms with Crippen LogP contribution >= 0.6 is 0 Å². The molecular weight excluding hydrogens is 262 g/mol. The van der Waals surface area contributed by atoms with Gasteiger partial charge in [-0.1, -0.05) is 24.3 Å². The SMILES string of the molecule is COCC1=CCN(S(=O)(=O)c2ccccc2C)CC1. The van der Waals surface area contributed by atoms with Crippen molar-refractivity contribution in [1.29, 1.82) is 0 Å². The van der Waals surface area contributed by atoms with Gasteiger partial charge in [0.25, 0.3) is 0 Å². The largest absolute Gasteiger partial charge is 0.380 e. The molecule has 0 saturated carbocycles. The van der Waals surface area contributed by atoms with E-state index in [9.17, 15) is 8.42 Å². The Bertz CT molecular complexity index is 578. The molecule has 104 valence electrons. The lowest BCUT2D eigenvalue weighted by atomic mass is 10.1. The van der Waals surface area contributed by atoms with Gasteiger partial charge in [0.2, 0.25) is 10.0 Å². The van der Waals surface area contributed by atoms with Gasteiger partial charge in [-0.05, 0) is 30.5 Å². The van der Waals surface area contributed by atoms with Gasteiger partial charge in [-0.15, -0.1) is 0 Å². The van der Waals surface area contributed by atoms with Crippen LogP contribution in [-0.4, -0.2) is 39.5 Å². The molecule has 1 aromatic rings. The number of hydrogen-bond donors (Lipinski definition) is 0. The third-order valence-electron chi connectivity index (χ3n) is 3.31. The summed E-state index contributed by atoms with van der Waals surface area (Å²) in [6.45, 7) is 3.35. The van der Waals surface area contributed by atoms with Gasteiger partial charge in [0, 0.05) is 20.2 Å². The van der Waals surface area contributed by atoms with Crippen molar-refractivity contribution < 1.29 is 13.2 Å². The molecule has 0 aliphatic carbocycles. The minimum Gasteiger partial charge on any atom is -0.380 e. The molecule has 1 aliphatic rings. The molecule has 0 fully saturated rings. The summed E-state index contributed by atoms with van der Waals surface area (Å²) in [5, 5.41) is 0. The summed E-state index contributed by atoms with van der Waals surface area (Å²) < 4.78 is 31.7. The second-order valence-corrected chi connectivity index (χ2v) is 6.58. The van der Waals surface area contributed by atoms with Gasteiger partial charge in [0.1, 0.15) is 0 Å². The van der Waals surface area contributed by atoms with E-state index in [4.69, 9.17) is 4.74 Å². The summed E-state index contributed by atoms with van der Waals surface area (Å²) in [7, 11) is -1.73. The zero-order valence-electron chi connectivity index (χ0n) is 11.3. The normalized spacial score (nSPS) is 17.3. The highest BCUT2D eigenvalue weighted by molar-refractivity contribution is 7.89. The second kappa shape index (κ2) is 5.86. The fourth-order valence-electron chi connectivity index (χ4n) is 2.21. The quantitative estimate of drug-likeness (QED) is 0.793. The number of sulfonamides is 1. The van der Waals surface area contributed by atoms with Gasteiger partial charge in [-0.25, -0.2) is 8.42 Å². The highest BCUT2D eigenvalue weighted by Gasteiger charge is 2.26. The summed E-state index contributed by atoms with van der Waals surface area (Å²) >= 11 is 0. The van der Waals surface area contributed by atoms with Crippen LogP contribution < -0.4 is 0 Å². The number of hydrogen-bond acceptors (Lipinski definition) is 3. The van der Waals surface area contributed by atoms with Crippen LogP contribution in [0.25, 0.3) is 0 Å². The van der Waals surface area contributed by atoms with Gasteiger partial charge >= 0.3 is 0 Å². The Hall–Kier alpha value is -1.17. The van der Waals surface area contributed by atoms with Crippen LogP contribution in [0, 0.1) is 6.92 Å². The fourth-order valence-corrected chi connectivity index (χ4v) is 3.82. The van der Waals surface area contributed by atoms with Crippen LogP contribution in [0.4, 0.5) is 0 Å². The third-order valence-corrected chi connectivity index (χ3v) is 5.33. The Labute approximate surface area is 114 Å². The van der Waals surface area contributed by atoms with E-state index >= 15 is 0 Å². The number of benzene rings is 1. The van der Waals surface area contributed by atoms with Gasteiger partial charge < -0.3 is 4.74 Å². The smallest absolute Gasteiger partial charge is 0.243 e. The maximum Gasteiger partial charge on any atom is 0.243 e. The van der Waals surface area contributed by atoms with Crippen LogP contribution in [-0.2, 0) is 14.8 Å². The average molecular weight is 281 g/mol. The predicted octanol–water partition coefficient (Wildman–Crippen LogP) is 1.96. The molecule has 0 N–H and O–H groups in total. The van der Waals surface area contributed by atoms with E-state index in [1.807, 2.05) is 25.1 Å². The van der Waals surface area contributed by atoms with Crippen molar-refractivity contribution >= 4 is 10.0 Å². The number of aryl methyl sites for hydroxylation is 1. The maximum absolute atomic E-state index is 12.5. The minimum atomic E-state index is -3.38. The van der Waals surface area contributed by atoms with Gasteiger partial charge in [0.05, 0.1) is 11.5 Å². The number of ether oxygens (including phenoxy) is 1. The summed E-state index contributed by atoms with van der Waals surface area (Å²) in [5.74, 6) is 0. The molecule has 1 aromatic carbocycles. The number of methoxy groups -OCH3 is 1. The Morgan fingerprint density at radius 1 is 1.32 bits per heavy atom. The van der Waals surface area contributed by atoms with Crippen LogP contribution in [0.1, 0.15) is 12.0 Å². The van der Waals surface area contributed by atoms with E-state index in [1.54, 1.807) is 19.2 Å². The zero-order chi connectivity index (χ0) is 13.9. The molecule has 4 nitrogen and oxygen atoms in total.